The van der Waals surface area contributed by atoms with Crippen molar-refractivity contribution in [1.82, 2.24) is 0 Å². The number of thioether (sulfide) groups is 1. The summed E-state index contributed by atoms with van der Waals surface area (Å²) in [7, 11) is 1.66. The Morgan fingerprint density at radius 1 is 1.33 bits per heavy atom. The second kappa shape index (κ2) is 9.32. The Hall–Kier alpha value is 0.230. The summed E-state index contributed by atoms with van der Waals surface area (Å²) in [6.45, 7) is 4.28. The van der Waals surface area contributed by atoms with E-state index in [1.165, 1.54) is 0 Å². The Bertz CT molecular complexity index is 90.4. The quantitative estimate of drug-likeness (QED) is 0.579. The lowest BCUT2D eigenvalue weighted by Crippen LogP contribution is -2.08. The number of hydrogen-bond acceptors (Lipinski definition) is 4. The molecule has 0 aliphatic carbocycles. The second-order valence-corrected chi connectivity index (χ2v) is 4.02. The van der Waals surface area contributed by atoms with Gasteiger partial charge in [0.25, 0.3) is 0 Å². The molecule has 0 aromatic carbocycles. The van der Waals surface area contributed by atoms with Gasteiger partial charge in [0.05, 0.1) is 26.4 Å². The van der Waals surface area contributed by atoms with Gasteiger partial charge >= 0.3 is 0 Å². The Balaban J connectivity index is 2.90. The summed E-state index contributed by atoms with van der Waals surface area (Å²) in [4.78, 5) is 0. The van der Waals surface area contributed by atoms with Gasteiger partial charge in [-0.3, -0.25) is 0 Å². The van der Waals surface area contributed by atoms with Gasteiger partial charge in [-0.15, -0.1) is 0 Å². The van der Waals surface area contributed by atoms with Gasteiger partial charge in [-0.1, -0.05) is 6.92 Å². The first-order valence-electron chi connectivity index (χ1n) is 4.10. The van der Waals surface area contributed by atoms with E-state index in [0.717, 1.165) is 12.4 Å². The molecule has 0 saturated carbocycles. The van der Waals surface area contributed by atoms with E-state index in [4.69, 9.17) is 14.6 Å². The number of aliphatic hydroxyl groups excluding tert-OH is 1. The summed E-state index contributed by atoms with van der Waals surface area (Å²) in [5.41, 5.74) is 0. The highest BCUT2D eigenvalue weighted by Crippen LogP contribution is 2.08. The highest BCUT2D eigenvalue weighted by Gasteiger charge is 1.98. The van der Waals surface area contributed by atoms with Crippen molar-refractivity contribution in [1.29, 1.82) is 0 Å². The van der Waals surface area contributed by atoms with Crippen molar-refractivity contribution >= 4 is 11.8 Å². The van der Waals surface area contributed by atoms with Gasteiger partial charge in [0.2, 0.25) is 0 Å². The van der Waals surface area contributed by atoms with E-state index in [9.17, 15) is 0 Å². The van der Waals surface area contributed by atoms with Gasteiger partial charge in [0.15, 0.2) is 0 Å². The molecule has 0 amide bonds. The van der Waals surface area contributed by atoms with Gasteiger partial charge < -0.3 is 14.6 Å². The molecule has 0 aromatic rings. The summed E-state index contributed by atoms with van der Waals surface area (Å²) >= 11 is 1.72. The fourth-order valence-electron chi connectivity index (χ4n) is 0.605. The molecule has 0 aromatic heterocycles. The van der Waals surface area contributed by atoms with Crippen molar-refractivity contribution < 1.29 is 14.6 Å². The van der Waals surface area contributed by atoms with E-state index < -0.39 is 0 Å². The summed E-state index contributed by atoms with van der Waals surface area (Å²) in [6.07, 6.45) is 0. The Morgan fingerprint density at radius 2 is 2.08 bits per heavy atom. The fourth-order valence-corrected chi connectivity index (χ4v) is 1.33. The molecule has 0 heterocycles. The molecule has 0 rings (SSSR count). The minimum Gasteiger partial charge on any atom is -0.395 e. The lowest BCUT2D eigenvalue weighted by atomic mass is 10.5. The third-order valence-corrected chi connectivity index (χ3v) is 2.44. The smallest absolute Gasteiger partial charge is 0.0700 e. The molecule has 0 aliphatic heterocycles. The highest BCUT2D eigenvalue weighted by molar-refractivity contribution is 7.99. The van der Waals surface area contributed by atoms with Crippen LogP contribution in [-0.2, 0) is 9.47 Å². The zero-order valence-corrected chi connectivity index (χ0v) is 8.60. The molecular formula is C8H18O3S. The fraction of sp³-hybridized carbons (Fsp3) is 1.00. The van der Waals surface area contributed by atoms with E-state index in [1.54, 1.807) is 18.9 Å². The lowest BCUT2D eigenvalue weighted by Gasteiger charge is -2.07. The first kappa shape index (κ1) is 12.2. The van der Waals surface area contributed by atoms with Crippen LogP contribution in [0.5, 0.6) is 0 Å². The maximum Gasteiger partial charge on any atom is 0.0700 e. The standard InChI is InChI=1S/C8H18O3S/c1-8(7-9)12-6-5-11-4-3-10-2/h8-9H,3-7H2,1-2H3. The zero-order valence-electron chi connectivity index (χ0n) is 7.78. The first-order chi connectivity index (χ1) is 5.81. The molecule has 0 spiro atoms. The Labute approximate surface area is 78.4 Å². The van der Waals surface area contributed by atoms with Crippen LogP contribution in [0.4, 0.5) is 0 Å². The number of ether oxygens (including phenoxy) is 2. The van der Waals surface area contributed by atoms with Crippen molar-refractivity contribution in [2.45, 2.75) is 12.2 Å². The Kier molecular flexibility index (Phi) is 9.50. The van der Waals surface area contributed by atoms with Crippen LogP contribution in [0.15, 0.2) is 0 Å². The van der Waals surface area contributed by atoms with Gasteiger partial charge in [-0.05, 0) is 0 Å². The molecule has 3 nitrogen and oxygen atoms in total. The molecule has 0 radical (unpaired) electrons. The number of rotatable bonds is 8. The van der Waals surface area contributed by atoms with E-state index in [-0.39, 0.29) is 6.61 Å². The van der Waals surface area contributed by atoms with Gasteiger partial charge in [-0.2, -0.15) is 11.8 Å². The molecule has 0 aliphatic rings. The highest BCUT2D eigenvalue weighted by atomic mass is 32.2. The monoisotopic (exact) mass is 194 g/mol. The van der Waals surface area contributed by atoms with Crippen LogP contribution in [0.3, 0.4) is 0 Å². The molecular weight excluding hydrogens is 176 g/mol. The van der Waals surface area contributed by atoms with Crippen molar-refractivity contribution in [3.8, 4) is 0 Å². The second-order valence-electron chi connectivity index (χ2n) is 2.47. The van der Waals surface area contributed by atoms with Crippen molar-refractivity contribution in [3.05, 3.63) is 0 Å². The van der Waals surface area contributed by atoms with E-state index in [2.05, 4.69) is 0 Å². The molecule has 0 bridgehead atoms. The minimum absolute atomic E-state index is 0.239. The third-order valence-electron chi connectivity index (χ3n) is 1.32. The van der Waals surface area contributed by atoms with Crippen LogP contribution >= 0.6 is 11.8 Å². The van der Waals surface area contributed by atoms with E-state index in [1.807, 2.05) is 6.92 Å². The number of methoxy groups -OCH3 is 1. The normalized spacial score (nSPS) is 13.2. The van der Waals surface area contributed by atoms with Crippen molar-refractivity contribution in [2.24, 2.45) is 0 Å². The maximum absolute atomic E-state index is 8.69. The molecule has 74 valence electrons. The van der Waals surface area contributed by atoms with Crippen molar-refractivity contribution in [2.75, 3.05) is 39.3 Å². The molecule has 1 unspecified atom stereocenters. The topological polar surface area (TPSA) is 38.7 Å². The third kappa shape index (κ3) is 8.33. The average molecular weight is 194 g/mol. The minimum atomic E-state index is 0.239. The summed E-state index contributed by atoms with van der Waals surface area (Å²) in [6, 6.07) is 0. The van der Waals surface area contributed by atoms with Crippen LogP contribution in [0, 0.1) is 0 Å². The summed E-state index contributed by atoms with van der Waals surface area (Å²) in [5, 5.41) is 9.01. The molecule has 1 atom stereocenters. The van der Waals surface area contributed by atoms with Crippen LogP contribution in [0.1, 0.15) is 6.92 Å². The molecule has 1 N–H and O–H groups in total. The molecule has 4 heteroatoms. The van der Waals surface area contributed by atoms with Crippen molar-refractivity contribution in [3.63, 3.8) is 0 Å². The van der Waals surface area contributed by atoms with Gasteiger partial charge in [0, 0.05) is 18.1 Å². The van der Waals surface area contributed by atoms with Crippen LogP contribution in [0.25, 0.3) is 0 Å². The molecule has 0 fully saturated rings. The van der Waals surface area contributed by atoms with Gasteiger partial charge in [-0.25, -0.2) is 0 Å². The van der Waals surface area contributed by atoms with Gasteiger partial charge in [0.1, 0.15) is 0 Å². The predicted octanol–water partition coefficient (Wildman–Crippen LogP) is 0.763. The van der Waals surface area contributed by atoms with Crippen LogP contribution in [0.2, 0.25) is 0 Å². The van der Waals surface area contributed by atoms with Crippen LogP contribution in [-0.4, -0.2) is 49.6 Å². The van der Waals surface area contributed by atoms with E-state index in [0.29, 0.717) is 18.5 Å². The first-order valence-corrected chi connectivity index (χ1v) is 5.15. The number of hydrogen-bond donors (Lipinski definition) is 1. The zero-order chi connectivity index (χ0) is 9.23. The van der Waals surface area contributed by atoms with Crippen LogP contribution < -0.4 is 0 Å². The SMILES string of the molecule is COCCOCCSC(C)CO. The Morgan fingerprint density at radius 3 is 2.67 bits per heavy atom. The summed E-state index contributed by atoms with van der Waals surface area (Å²) in [5.74, 6) is 0.936. The largest absolute Gasteiger partial charge is 0.395 e. The molecule has 12 heavy (non-hydrogen) atoms. The lowest BCUT2D eigenvalue weighted by molar-refractivity contribution is 0.0789. The number of aliphatic hydroxyl groups is 1. The summed E-state index contributed by atoms with van der Waals surface area (Å²) < 4.78 is 10.1. The average Bonchev–Trinajstić information content (AvgIpc) is 2.10. The maximum atomic E-state index is 8.69. The van der Waals surface area contributed by atoms with E-state index >= 15 is 0 Å². The molecule has 0 saturated heterocycles. The predicted molar refractivity (Wildman–Crippen MR) is 51.7 cm³/mol.